The van der Waals surface area contributed by atoms with Gasteiger partial charge >= 0.3 is 0 Å². The van der Waals surface area contributed by atoms with Crippen molar-refractivity contribution >= 4 is 5.69 Å². The van der Waals surface area contributed by atoms with Gasteiger partial charge in [0.15, 0.2) is 0 Å². The average Bonchev–Trinajstić information content (AvgIpc) is 2.54. The third-order valence-electron chi connectivity index (χ3n) is 2.51. The maximum Gasteiger partial charge on any atom is 0.218 e. The summed E-state index contributed by atoms with van der Waals surface area (Å²) in [5.41, 5.74) is 6.95. The van der Waals surface area contributed by atoms with Crippen LogP contribution in [0.5, 0.6) is 5.88 Å². The highest BCUT2D eigenvalue weighted by molar-refractivity contribution is 5.55. The molecule has 0 saturated carbocycles. The summed E-state index contributed by atoms with van der Waals surface area (Å²) in [6.07, 6.45) is 0.976. The van der Waals surface area contributed by atoms with Crippen LogP contribution in [0.2, 0.25) is 0 Å². The topological polar surface area (TPSA) is 64.0 Å². The first-order valence-electron chi connectivity index (χ1n) is 5.58. The van der Waals surface area contributed by atoms with E-state index in [4.69, 9.17) is 15.7 Å². The molecule has 0 aromatic carbocycles. The Bertz CT molecular complexity index is 401. The largest absolute Gasteiger partial charge is 0.475 e. The molecule has 4 heteroatoms. The van der Waals surface area contributed by atoms with Crippen LogP contribution in [-0.4, -0.2) is 10.7 Å². The van der Waals surface area contributed by atoms with Crippen molar-refractivity contribution in [1.82, 2.24) is 4.57 Å². The van der Waals surface area contributed by atoms with Crippen molar-refractivity contribution in [2.75, 3.05) is 5.73 Å². The molecule has 16 heavy (non-hydrogen) atoms. The molecule has 1 aromatic heterocycles. The number of ether oxygens (including phenoxy) is 1. The summed E-state index contributed by atoms with van der Waals surface area (Å²) >= 11 is 0. The van der Waals surface area contributed by atoms with Gasteiger partial charge in [-0.05, 0) is 27.2 Å². The molecule has 0 fully saturated rings. The Morgan fingerprint density at radius 2 is 2.12 bits per heavy atom. The number of nitriles is 1. The standard InChI is InChI=1S/C12H19N3O/c1-5-9(4)15-10(7-13)6-11(14)12(15)16-8(2)3/h6,8-9H,5,14H2,1-4H3. The van der Waals surface area contributed by atoms with Gasteiger partial charge in [-0.1, -0.05) is 6.92 Å². The monoisotopic (exact) mass is 221 g/mol. The molecular weight excluding hydrogens is 202 g/mol. The summed E-state index contributed by atoms with van der Waals surface area (Å²) in [7, 11) is 0. The Labute approximate surface area is 96.6 Å². The van der Waals surface area contributed by atoms with E-state index in [0.29, 0.717) is 17.3 Å². The minimum absolute atomic E-state index is 0.0477. The second kappa shape index (κ2) is 4.93. The molecule has 1 heterocycles. The highest BCUT2D eigenvalue weighted by Gasteiger charge is 2.18. The summed E-state index contributed by atoms with van der Waals surface area (Å²) in [5, 5.41) is 9.05. The highest BCUT2D eigenvalue weighted by Crippen LogP contribution is 2.32. The number of aromatic nitrogens is 1. The molecule has 0 spiro atoms. The SMILES string of the molecule is CCC(C)n1c(C#N)cc(N)c1OC(C)C. The molecule has 0 aliphatic rings. The first kappa shape index (κ1) is 12.4. The van der Waals surface area contributed by atoms with Gasteiger partial charge in [0.05, 0.1) is 11.8 Å². The van der Waals surface area contributed by atoms with E-state index in [1.165, 1.54) is 0 Å². The number of nitrogens with two attached hydrogens (primary N) is 1. The molecule has 0 aliphatic carbocycles. The van der Waals surface area contributed by atoms with Gasteiger partial charge in [-0.3, -0.25) is 4.57 Å². The number of nitrogen functional groups attached to an aromatic ring is 1. The molecule has 0 amide bonds. The molecule has 1 atom stereocenters. The lowest BCUT2D eigenvalue weighted by Crippen LogP contribution is -2.14. The lowest BCUT2D eigenvalue weighted by molar-refractivity contribution is 0.217. The molecule has 88 valence electrons. The maximum atomic E-state index is 9.05. The van der Waals surface area contributed by atoms with E-state index in [1.807, 2.05) is 25.3 Å². The average molecular weight is 221 g/mol. The predicted octanol–water partition coefficient (Wildman–Crippen LogP) is 2.70. The zero-order chi connectivity index (χ0) is 12.3. The summed E-state index contributed by atoms with van der Waals surface area (Å²) < 4.78 is 7.54. The third-order valence-corrected chi connectivity index (χ3v) is 2.51. The molecule has 0 radical (unpaired) electrons. The van der Waals surface area contributed by atoms with Crippen LogP contribution in [0.25, 0.3) is 0 Å². The molecule has 2 N–H and O–H groups in total. The van der Waals surface area contributed by atoms with Crippen LogP contribution in [-0.2, 0) is 0 Å². The quantitative estimate of drug-likeness (QED) is 0.850. The Balaban J connectivity index is 3.24. The van der Waals surface area contributed by atoms with Crippen molar-refractivity contribution in [3.8, 4) is 11.9 Å². The van der Waals surface area contributed by atoms with Gasteiger partial charge < -0.3 is 10.5 Å². The Morgan fingerprint density at radius 3 is 2.56 bits per heavy atom. The molecule has 1 aromatic rings. The van der Waals surface area contributed by atoms with Crippen molar-refractivity contribution in [2.45, 2.75) is 46.3 Å². The highest BCUT2D eigenvalue weighted by atomic mass is 16.5. The fraction of sp³-hybridized carbons (Fsp3) is 0.583. The van der Waals surface area contributed by atoms with Gasteiger partial charge in [0, 0.05) is 12.1 Å². The van der Waals surface area contributed by atoms with Crippen molar-refractivity contribution in [3.05, 3.63) is 11.8 Å². The van der Waals surface area contributed by atoms with Gasteiger partial charge in [-0.25, -0.2) is 0 Å². The fourth-order valence-electron chi connectivity index (χ4n) is 1.58. The van der Waals surface area contributed by atoms with Crippen LogP contribution in [0.3, 0.4) is 0 Å². The van der Waals surface area contributed by atoms with Crippen LogP contribution in [0, 0.1) is 11.3 Å². The smallest absolute Gasteiger partial charge is 0.218 e. The molecule has 0 bridgehead atoms. The van der Waals surface area contributed by atoms with Crippen LogP contribution in [0.15, 0.2) is 6.07 Å². The molecule has 0 saturated heterocycles. The number of hydrogen-bond donors (Lipinski definition) is 1. The van der Waals surface area contributed by atoms with Crippen LogP contribution in [0.4, 0.5) is 5.69 Å². The fourth-order valence-corrected chi connectivity index (χ4v) is 1.58. The van der Waals surface area contributed by atoms with Crippen molar-refractivity contribution < 1.29 is 4.74 Å². The number of rotatable bonds is 4. The van der Waals surface area contributed by atoms with Gasteiger partial charge in [0.25, 0.3) is 0 Å². The molecule has 1 rings (SSSR count). The van der Waals surface area contributed by atoms with Crippen LogP contribution < -0.4 is 10.5 Å². The summed E-state index contributed by atoms with van der Waals surface area (Å²) in [4.78, 5) is 0. The normalized spacial score (nSPS) is 12.5. The van der Waals surface area contributed by atoms with Crippen molar-refractivity contribution in [2.24, 2.45) is 0 Å². The van der Waals surface area contributed by atoms with E-state index in [9.17, 15) is 0 Å². The summed E-state index contributed by atoms with van der Waals surface area (Å²) in [5.74, 6) is 0.612. The van der Waals surface area contributed by atoms with Crippen molar-refractivity contribution in [1.29, 1.82) is 5.26 Å². The maximum absolute atomic E-state index is 9.05. The van der Waals surface area contributed by atoms with E-state index in [0.717, 1.165) is 6.42 Å². The number of nitrogens with zero attached hydrogens (tertiary/aromatic N) is 2. The van der Waals surface area contributed by atoms with Gasteiger partial charge in [-0.15, -0.1) is 0 Å². The lowest BCUT2D eigenvalue weighted by atomic mass is 10.2. The third kappa shape index (κ3) is 2.30. The van der Waals surface area contributed by atoms with Crippen LogP contribution in [0.1, 0.15) is 45.9 Å². The number of anilines is 1. The van der Waals surface area contributed by atoms with Gasteiger partial charge in [-0.2, -0.15) is 5.26 Å². The van der Waals surface area contributed by atoms with Gasteiger partial charge in [0.2, 0.25) is 5.88 Å². The van der Waals surface area contributed by atoms with Crippen molar-refractivity contribution in [3.63, 3.8) is 0 Å². The number of hydrogen-bond acceptors (Lipinski definition) is 3. The van der Waals surface area contributed by atoms with E-state index in [1.54, 1.807) is 6.07 Å². The zero-order valence-electron chi connectivity index (χ0n) is 10.3. The second-order valence-corrected chi connectivity index (χ2v) is 4.20. The van der Waals surface area contributed by atoms with E-state index >= 15 is 0 Å². The van der Waals surface area contributed by atoms with Crippen LogP contribution >= 0.6 is 0 Å². The van der Waals surface area contributed by atoms with Gasteiger partial charge in [0.1, 0.15) is 11.8 Å². The lowest BCUT2D eigenvalue weighted by Gasteiger charge is -2.19. The van der Waals surface area contributed by atoms with E-state index in [-0.39, 0.29) is 12.1 Å². The van der Waals surface area contributed by atoms with E-state index in [2.05, 4.69) is 13.0 Å². The Hall–Kier alpha value is -1.63. The molecule has 4 nitrogen and oxygen atoms in total. The Morgan fingerprint density at radius 1 is 1.50 bits per heavy atom. The van der Waals surface area contributed by atoms with E-state index < -0.39 is 0 Å². The first-order chi connectivity index (χ1) is 7.51. The summed E-state index contributed by atoms with van der Waals surface area (Å²) in [6.45, 7) is 8.01. The predicted molar refractivity (Wildman–Crippen MR) is 64.3 cm³/mol. The molecule has 1 unspecified atom stereocenters. The molecule has 0 aliphatic heterocycles. The minimum atomic E-state index is 0.0477. The first-order valence-corrected chi connectivity index (χ1v) is 5.58. The minimum Gasteiger partial charge on any atom is -0.475 e. The molecular formula is C12H19N3O. The summed E-state index contributed by atoms with van der Waals surface area (Å²) in [6, 6.07) is 4.03. The zero-order valence-corrected chi connectivity index (χ0v) is 10.3. The second-order valence-electron chi connectivity index (χ2n) is 4.20. The Kier molecular flexibility index (Phi) is 3.83.